The fraction of sp³-hybridized carbons (Fsp3) is 0. The van der Waals surface area contributed by atoms with Crippen LogP contribution in [0.3, 0.4) is 0 Å². The number of anilines is 1. The predicted molar refractivity (Wildman–Crippen MR) is 54.1 cm³/mol. The van der Waals surface area contributed by atoms with Crippen LogP contribution >= 0.6 is 15.9 Å². The second-order valence-corrected chi connectivity index (χ2v) is 3.48. The summed E-state index contributed by atoms with van der Waals surface area (Å²) in [4.78, 5) is 15.4. The van der Waals surface area contributed by atoms with Gasteiger partial charge in [0.05, 0.1) is 0 Å². The molecule has 2 rings (SSSR count). The average molecular weight is 269 g/mol. The number of rotatable bonds is 2. The first-order valence-corrected chi connectivity index (χ1v) is 4.71. The van der Waals surface area contributed by atoms with Crippen LogP contribution in [0.15, 0.2) is 22.8 Å². The lowest BCUT2D eigenvalue weighted by Crippen LogP contribution is -2.14. The van der Waals surface area contributed by atoms with E-state index in [2.05, 4.69) is 46.9 Å². The van der Waals surface area contributed by atoms with Gasteiger partial charge in [-0.05, 0) is 22.6 Å². The molecule has 0 aliphatic carbocycles. The minimum absolute atomic E-state index is 0.182. The Labute approximate surface area is 92.4 Å². The standard InChI is InChI=1S/C7H5BrN6O/c8-4-1-2-9-5(3-4)6(15)10-7-11-13-14-12-7/h1-3H,(H2,10,11,12,13,14,15). The fourth-order valence-corrected chi connectivity index (χ4v) is 1.25. The Kier molecular flexibility index (Phi) is 2.68. The summed E-state index contributed by atoms with van der Waals surface area (Å²) in [6, 6.07) is 3.33. The van der Waals surface area contributed by atoms with Gasteiger partial charge in [-0.3, -0.25) is 15.1 Å². The van der Waals surface area contributed by atoms with E-state index in [0.717, 1.165) is 4.47 Å². The number of amides is 1. The molecule has 76 valence electrons. The molecule has 0 fully saturated rings. The summed E-state index contributed by atoms with van der Waals surface area (Å²) < 4.78 is 0.776. The molecule has 0 unspecified atom stereocenters. The van der Waals surface area contributed by atoms with Crippen molar-refractivity contribution in [2.24, 2.45) is 0 Å². The molecule has 0 aliphatic heterocycles. The molecule has 0 saturated carbocycles. The van der Waals surface area contributed by atoms with Crippen molar-refractivity contribution in [3.63, 3.8) is 0 Å². The zero-order valence-corrected chi connectivity index (χ0v) is 8.89. The molecule has 0 saturated heterocycles. The number of halogens is 1. The van der Waals surface area contributed by atoms with E-state index in [-0.39, 0.29) is 17.5 Å². The van der Waals surface area contributed by atoms with Gasteiger partial charge in [-0.15, -0.1) is 0 Å². The number of hydrogen-bond donors (Lipinski definition) is 2. The number of nitrogens with zero attached hydrogens (tertiary/aromatic N) is 4. The highest BCUT2D eigenvalue weighted by Gasteiger charge is 2.09. The smallest absolute Gasteiger partial charge is 0.276 e. The van der Waals surface area contributed by atoms with Crippen molar-refractivity contribution in [2.45, 2.75) is 0 Å². The molecule has 2 aromatic heterocycles. The largest absolute Gasteiger partial charge is 0.288 e. The molecule has 0 aliphatic rings. The van der Waals surface area contributed by atoms with Crippen LogP contribution < -0.4 is 5.32 Å². The van der Waals surface area contributed by atoms with E-state index in [0.29, 0.717) is 0 Å². The van der Waals surface area contributed by atoms with Crippen molar-refractivity contribution in [2.75, 3.05) is 5.32 Å². The van der Waals surface area contributed by atoms with Crippen LogP contribution in [0.2, 0.25) is 0 Å². The van der Waals surface area contributed by atoms with Gasteiger partial charge in [-0.1, -0.05) is 21.0 Å². The molecule has 2 aromatic rings. The monoisotopic (exact) mass is 268 g/mol. The Balaban J connectivity index is 2.15. The van der Waals surface area contributed by atoms with Crippen molar-refractivity contribution in [3.05, 3.63) is 28.5 Å². The third-order valence-electron chi connectivity index (χ3n) is 1.53. The number of hydrogen-bond acceptors (Lipinski definition) is 5. The minimum Gasteiger partial charge on any atom is -0.288 e. The van der Waals surface area contributed by atoms with E-state index in [4.69, 9.17) is 0 Å². The van der Waals surface area contributed by atoms with Gasteiger partial charge in [0, 0.05) is 10.7 Å². The number of tetrazole rings is 1. The molecule has 0 atom stereocenters. The number of H-pyrrole nitrogens is 1. The zero-order valence-electron chi connectivity index (χ0n) is 7.31. The highest BCUT2D eigenvalue weighted by Crippen LogP contribution is 2.09. The third-order valence-corrected chi connectivity index (χ3v) is 2.03. The van der Waals surface area contributed by atoms with Gasteiger partial charge in [0.15, 0.2) is 0 Å². The Morgan fingerprint density at radius 1 is 1.53 bits per heavy atom. The first-order valence-electron chi connectivity index (χ1n) is 3.92. The Morgan fingerprint density at radius 3 is 3.07 bits per heavy atom. The van der Waals surface area contributed by atoms with Gasteiger partial charge in [0.1, 0.15) is 5.69 Å². The van der Waals surface area contributed by atoms with Gasteiger partial charge in [-0.2, -0.15) is 0 Å². The molecule has 2 N–H and O–H groups in total. The first-order chi connectivity index (χ1) is 7.25. The lowest BCUT2D eigenvalue weighted by molar-refractivity contribution is 0.102. The lowest BCUT2D eigenvalue weighted by atomic mass is 10.3. The second-order valence-electron chi connectivity index (χ2n) is 2.56. The van der Waals surface area contributed by atoms with E-state index < -0.39 is 0 Å². The Bertz CT molecular complexity index is 470. The number of aromatic amines is 1. The number of nitrogens with one attached hydrogen (secondary N) is 2. The molecule has 0 bridgehead atoms. The molecule has 0 radical (unpaired) electrons. The van der Waals surface area contributed by atoms with Crippen molar-refractivity contribution in [1.29, 1.82) is 0 Å². The maximum absolute atomic E-state index is 11.6. The predicted octanol–water partition coefficient (Wildman–Crippen LogP) is 0.609. The second kappa shape index (κ2) is 4.13. The van der Waals surface area contributed by atoms with Crippen LogP contribution in [0, 0.1) is 0 Å². The quantitative estimate of drug-likeness (QED) is 0.832. The first kappa shape index (κ1) is 9.71. The van der Waals surface area contributed by atoms with Gasteiger partial charge in [-0.25, -0.2) is 5.10 Å². The van der Waals surface area contributed by atoms with Gasteiger partial charge < -0.3 is 0 Å². The summed E-state index contributed by atoms with van der Waals surface area (Å²) in [5, 5.41) is 15.0. The van der Waals surface area contributed by atoms with Crippen LogP contribution in [-0.2, 0) is 0 Å². The van der Waals surface area contributed by atoms with E-state index in [9.17, 15) is 4.79 Å². The summed E-state index contributed by atoms with van der Waals surface area (Å²) in [5.41, 5.74) is 0.278. The average Bonchev–Trinajstić information content (AvgIpc) is 2.70. The number of aromatic nitrogens is 5. The van der Waals surface area contributed by atoms with Crippen LogP contribution in [0.25, 0.3) is 0 Å². The van der Waals surface area contributed by atoms with Crippen LogP contribution in [0.4, 0.5) is 5.95 Å². The van der Waals surface area contributed by atoms with Crippen LogP contribution in [-0.4, -0.2) is 31.5 Å². The number of pyridine rings is 1. The summed E-state index contributed by atoms with van der Waals surface area (Å²) in [5.74, 6) is -0.198. The molecule has 8 heteroatoms. The molecule has 0 aromatic carbocycles. The lowest BCUT2D eigenvalue weighted by Gasteiger charge is -1.99. The summed E-state index contributed by atoms with van der Waals surface area (Å²) >= 11 is 3.24. The highest BCUT2D eigenvalue weighted by atomic mass is 79.9. The van der Waals surface area contributed by atoms with E-state index in [1.54, 1.807) is 12.1 Å². The molecule has 1 amide bonds. The highest BCUT2D eigenvalue weighted by molar-refractivity contribution is 9.10. The Morgan fingerprint density at radius 2 is 2.40 bits per heavy atom. The van der Waals surface area contributed by atoms with E-state index in [1.165, 1.54) is 6.20 Å². The van der Waals surface area contributed by atoms with Gasteiger partial charge >= 0.3 is 0 Å². The van der Waals surface area contributed by atoms with E-state index >= 15 is 0 Å². The summed E-state index contributed by atoms with van der Waals surface area (Å²) in [6.07, 6.45) is 1.53. The van der Waals surface area contributed by atoms with Gasteiger partial charge in [0.2, 0.25) is 5.95 Å². The molecular formula is C7H5BrN6O. The van der Waals surface area contributed by atoms with Crippen molar-refractivity contribution in [3.8, 4) is 0 Å². The molecule has 7 nitrogen and oxygen atoms in total. The fourth-order valence-electron chi connectivity index (χ4n) is 0.913. The molecule has 0 spiro atoms. The summed E-state index contributed by atoms with van der Waals surface area (Å²) in [6.45, 7) is 0. The molecule has 2 heterocycles. The number of carbonyl (C=O) groups excluding carboxylic acids is 1. The normalized spacial score (nSPS) is 9.93. The van der Waals surface area contributed by atoms with Crippen LogP contribution in [0.1, 0.15) is 10.5 Å². The van der Waals surface area contributed by atoms with Gasteiger partial charge in [0.25, 0.3) is 5.91 Å². The summed E-state index contributed by atoms with van der Waals surface area (Å²) in [7, 11) is 0. The third kappa shape index (κ3) is 2.34. The zero-order chi connectivity index (χ0) is 10.7. The molecular weight excluding hydrogens is 264 g/mol. The number of carbonyl (C=O) groups is 1. The topological polar surface area (TPSA) is 96.5 Å². The maximum Gasteiger partial charge on any atom is 0.276 e. The minimum atomic E-state index is -0.380. The maximum atomic E-state index is 11.6. The van der Waals surface area contributed by atoms with Crippen molar-refractivity contribution < 1.29 is 4.79 Å². The van der Waals surface area contributed by atoms with Crippen molar-refractivity contribution >= 4 is 27.8 Å². The van der Waals surface area contributed by atoms with Crippen molar-refractivity contribution in [1.82, 2.24) is 25.6 Å². The van der Waals surface area contributed by atoms with Crippen LogP contribution in [0.5, 0.6) is 0 Å². The SMILES string of the molecule is O=C(Nc1nnn[nH]1)c1cc(Br)ccn1. The molecule has 15 heavy (non-hydrogen) atoms. The Hall–Kier alpha value is -1.83. The van der Waals surface area contributed by atoms with E-state index in [1.807, 2.05) is 0 Å².